The van der Waals surface area contributed by atoms with Crippen LogP contribution in [0, 0.1) is 6.92 Å². The second kappa shape index (κ2) is 9.01. The maximum atomic E-state index is 12.4. The van der Waals surface area contributed by atoms with Crippen molar-refractivity contribution in [1.29, 1.82) is 0 Å². The van der Waals surface area contributed by atoms with Crippen molar-refractivity contribution < 1.29 is 13.9 Å². The number of benzene rings is 3. The minimum Gasteiger partial charge on any atom is -0.464 e. The van der Waals surface area contributed by atoms with Gasteiger partial charge in [0.15, 0.2) is 0 Å². The number of hydrogen-bond acceptors (Lipinski definition) is 4. The van der Waals surface area contributed by atoms with Crippen molar-refractivity contribution in [3.8, 4) is 5.75 Å². The zero-order valence-electron chi connectivity index (χ0n) is 18.3. The lowest BCUT2D eigenvalue weighted by molar-refractivity contribution is 0.0734. The second-order valence-electron chi connectivity index (χ2n) is 8.53. The molecule has 1 aliphatic heterocycles. The minimum absolute atomic E-state index is 0.326. The third kappa shape index (κ3) is 4.32. The van der Waals surface area contributed by atoms with Crippen LogP contribution in [0.5, 0.6) is 5.75 Å². The number of hydrogen-bond donors (Lipinski definition) is 0. The Labute approximate surface area is 188 Å². The zero-order chi connectivity index (χ0) is 21.9. The molecule has 1 atom stereocenters. The number of nitrogens with zero attached hydrogens (tertiary/aromatic N) is 1. The Bertz CT molecular complexity index is 1230. The molecule has 5 rings (SSSR count). The lowest BCUT2D eigenvalue weighted by Crippen LogP contribution is -2.33. The monoisotopic (exact) mass is 425 g/mol. The highest BCUT2D eigenvalue weighted by atomic mass is 16.5. The van der Waals surface area contributed by atoms with E-state index in [1.807, 2.05) is 43.3 Å². The third-order valence-corrected chi connectivity index (χ3v) is 6.31. The molecule has 2 heterocycles. The van der Waals surface area contributed by atoms with Crippen LogP contribution in [0.3, 0.4) is 0 Å². The summed E-state index contributed by atoms with van der Waals surface area (Å²) >= 11 is 0. The molecule has 0 amide bonds. The van der Waals surface area contributed by atoms with Gasteiger partial charge >= 0.3 is 5.97 Å². The molecule has 0 saturated carbocycles. The molecule has 162 valence electrons. The van der Waals surface area contributed by atoms with Crippen LogP contribution in [-0.4, -0.2) is 24.0 Å². The molecule has 1 unspecified atom stereocenters. The maximum absolute atomic E-state index is 12.4. The summed E-state index contributed by atoms with van der Waals surface area (Å²) in [5.41, 5.74) is 1.77. The highest BCUT2D eigenvalue weighted by Gasteiger charge is 2.24. The second-order valence-corrected chi connectivity index (χ2v) is 8.53. The summed E-state index contributed by atoms with van der Waals surface area (Å²) in [5.74, 6) is 2.71. The van der Waals surface area contributed by atoms with Crippen molar-refractivity contribution in [2.45, 2.75) is 32.2 Å². The Morgan fingerprint density at radius 3 is 2.62 bits per heavy atom. The van der Waals surface area contributed by atoms with Gasteiger partial charge in [0.2, 0.25) is 0 Å². The number of fused-ring (bicyclic) bond motifs is 1. The van der Waals surface area contributed by atoms with Gasteiger partial charge in [0.1, 0.15) is 17.3 Å². The van der Waals surface area contributed by atoms with E-state index < -0.39 is 0 Å². The fourth-order valence-corrected chi connectivity index (χ4v) is 4.69. The lowest BCUT2D eigenvalue weighted by Gasteiger charge is -2.32. The number of likely N-dealkylation sites (tertiary alicyclic amines) is 1. The van der Waals surface area contributed by atoms with E-state index in [2.05, 4.69) is 35.2 Å². The summed E-state index contributed by atoms with van der Waals surface area (Å²) in [6, 6.07) is 25.5. The molecule has 3 aromatic carbocycles. The molecule has 1 fully saturated rings. The first-order chi connectivity index (χ1) is 15.7. The predicted molar refractivity (Wildman–Crippen MR) is 126 cm³/mol. The molecule has 1 aromatic heterocycles. The summed E-state index contributed by atoms with van der Waals surface area (Å²) in [6.07, 6.45) is 2.26. The molecule has 1 saturated heterocycles. The van der Waals surface area contributed by atoms with E-state index in [4.69, 9.17) is 9.15 Å². The maximum Gasteiger partial charge on any atom is 0.343 e. The van der Waals surface area contributed by atoms with Gasteiger partial charge in [0.25, 0.3) is 0 Å². The molecule has 0 aliphatic carbocycles. The number of aryl methyl sites for hydroxylation is 1. The molecule has 4 heteroatoms. The number of furan rings is 1. The average Bonchev–Trinajstić information content (AvgIpc) is 3.15. The first-order valence-electron chi connectivity index (χ1n) is 11.2. The highest BCUT2D eigenvalue weighted by molar-refractivity contribution is 5.91. The van der Waals surface area contributed by atoms with E-state index in [0.717, 1.165) is 44.0 Å². The number of piperidine rings is 1. The van der Waals surface area contributed by atoms with Crippen molar-refractivity contribution >= 4 is 16.7 Å². The van der Waals surface area contributed by atoms with E-state index in [1.165, 1.54) is 16.3 Å². The van der Waals surface area contributed by atoms with Crippen LogP contribution in [0.25, 0.3) is 10.8 Å². The average molecular weight is 426 g/mol. The van der Waals surface area contributed by atoms with Crippen molar-refractivity contribution in [1.82, 2.24) is 4.90 Å². The Morgan fingerprint density at radius 2 is 1.78 bits per heavy atom. The van der Waals surface area contributed by atoms with Gasteiger partial charge < -0.3 is 9.15 Å². The lowest BCUT2D eigenvalue weighted by atomic mass is 9.90. The highest BCUT2D eigenvalue weighted by Crippen LogP contribution is 2.32. The first-order valence-corrected chi connectivity index (χ1v) is 11.2. The molecule has 0 spiro atoms. The Morgan fingerprint density at radius 1 is 1.00 bits per heavy atom. The van der Waals surface area contributed by atoms with Gasteiger partial charge in [-0.1, -0.05) is 54.6 Å². The van der Waals surface area contributed by atoms with Gasteiger partial charge in [-0.2, -0.15) is 0 Å². The molecule has 0 radical (unpaired) electrons. The molecule has 4 nitrogen and oxygen atoms in total. The number of carbonyl (C=O) groups excluding carboxylic acids is 1. The normalized spacial score (nSPS) is 16.8. The van der Waals surface area contributed by atoms with Crippen LogP contribution < -0.4 is 4.74 Å². The van der Waals surface area contributed by atoms with Gasteiger partial charge in [-0.25, -0.2) is 4.79 Å². The molecule has 32 heavy (non-hydrogen) atoms. The van der Waals surface area contributed by atoms with Crippen LogP contribution >= 0.6 is 0 Å². The fourth-order valence-electron chi connectivity index (χ4n) is 4.69. The van der Waals surface area contributed by atoms with E-state index in [-0.39, 0.29) is 5.97 Å². The molecule has 0 N–H and O–H groups in total. The van der Waals surface area contributed by atoms with Crippen molar-refractivity contribution in [2.75, 3.05) is 13.1 Å². The molecule has 1 aliphatic rings. The van der Waals surface area contributed by atoms with Gasteiger partial charge in [-0.3, -0.25) is 4.90 Å². The number of ether oxygens (including phenoxy) is 1. The summed E-state index contributed by atoms with van der Waals surface area (Å²) in [4.78, 5) is 14.9. The smallest absolute Gasteiger partial charge is 0.343 e. The Balaban J connectivity index is 1.29. The third-order valence-electron chi connectivity index (χ3n) is 6.31. The largest absolute Gasteiger partial charge is 0.464 e. The van der Waals surface area contributed by atoms with Crippen LogP contribution in [-0.2, 0) is 6.54 Å². The summed E-state index contributed by atoms with van der Waals surface area (Å²) in [5, 5.41) is 2.41. The van der Waals surface area contributed by atoms with Gasteiger partial charge in [-0.15, -0.1) is 0 Å². The molecule has 4 aromatic rings. The number of carbonyl (C=O) groups is 1. The summed E-state index contributed by atoms with van der Waals surface area (Å²) in [6.45, 7) is 4.87. The minimum atomic E-state index is -0.326. The molecule has 0 bridgehead atoms. The number of esters is 1. The van der Waals surface area contributed by atoms with Crippen molar-refractivity contribution in [3.05, 3.63) is 102 Å². The Hall–Kier alpha value is -3.37. The van der Waals surface area contributed by atoms with Crippen LogP contribution in [0.15, 0.2) is 83.3 Å². The van der Waals surface area contributed by atoms with Crippen LogP contribution in [0.4, 0.5) is 0 Å². The van der Waals surface area contributed by atoms with Gasteiger partial charge in [-0.05, 0) is 62.1 Å². The molecular formula is C28H27NO3. The van der Waals surface area contributed by atoms with E-state index in [9.17, 15) is 4.79 Å². The van der Waals surface area contributed by atoms with Crippen molar-refractivity contribution in [3.63, 3.8) is 0 Å². The standard InChI is InChI=1S/C28H27NO3/c1-20-25-14-5-6-15-26(25)27(31-20)19-29-16-8-12-23(18-29)22-11-7-13-24(17-22)32-28(30)21-9-3-2-4-10-21/h2-7,9-11,13-15,17,23H,8,12,16,18-19H2,1H3. The predicted octanol–water partition coefficient (Wildman–Crippen LogP) is 6.34. The zero-order valence-corrected chi connectivity index (χ0v) is 18.3. The van der Waals surface area contributed by atoms with E-state index in [1.54, 1.807) is 12.1 Å². The van der Waals surface area contributed by atoms with Crippen molar-refractivity contribution in [2.24, 2.45) is 0 Å². The first kappa shape index (κ1) is 20.5. The Kier molecular flexibility index (Phi) is 5.78. The quantitative estimate of drug-likeness (QED) is 0.276. The topological polar surface area (TPSA) is 42.7 Å². The van der Waals surface area contributed by atoms with Gasteiger partial charge in [0, 0.05) is 17.3 Å². The molecular weight excluding hydrogens is 398 g/mol. The van der Waals surface area contributed by atoms with Gasteiger partial charge in [0.05, 0.1) is 12.1 Å². The van der Waals surface area contributed by atoms with E-state index >= 15 is 0 Å². The summed E-state index contributed by atoms with van der Waals surface area (Å²) < 4.78 is 11.8. The van der Waals surface area contributed by atoms with Crippen LogP contribution in [0.1, 0.15) is 46.2 Å². The fraction of sp³-hybridized carbons (Fsp3) is 0.250. The summed E-state index contributed by atoms with van der Waals surface area (Å²) in [7, 11) is 0. The SMILES string of the molecule is Cc1oc(CN2CCCC(c3cccc(OC(=O)c4ccccc4)c3)C2)c2ccccc12. The van der Waals surface area contributed by atoms with Crippen LogP contribution in [0.2, 0.25) is 0 Å². The number of rotatable bonds is 5. The van der Waals surface area contributed by atoms with E-state index in [0.29, 0.717) is 17.2 Å².